The van der Waals surface area contributed by atoms with Gasteiger partial charge in [-0.2, -0.15) is 13.2 Å². The van der Waals surface area contributed by atoms with Gasteiger partial charge in [0.05, 0.1) is 18.0 Å². The van der Waals surface area contributed by atoms with E-state index in [-0.39, 0.29) is 18.3 Å². The van der Waals surface area contributed by atoms with Gasteiger partial charge in [-0.1, -0.05) is 15.9 Å². The van der Waals surface area contributed by atoms with E-state index < -0.39 is 22.8 Å². The van der Waals surface area contributed by atoms with Crippen molar-refractivity contribution in [2.24, 2.45) is 0 Å². The molecule has 0 aromatic heterocycles. The number of ether oxygens (including phenoxy) is 1. The van der Waals surface area contributed by atoms with Crippen LogP contribution in [0.1, 0.15) is 13.8 Å². The lowest BCUT2D eigenvalue weighted by Crippen LogP contribution is -2.50. The van der Waals surface area contributed by atoms with Crippen LogP contribution in [0.3, 0.4) is 0 Å². The molecular formula is C13H13BrF3NO2S. The Hall–Kier alpha value is -0.890. The summed E-state index contributed by atoms with van der Waals surface area (Å²) in [5, 5.41) is 0. The lowest BCUT2D eigenvalue weighted by Gasteiger charge is -2.39. The first-order valence-electron chi connectivity index (χ1n) is 6.07. The summed E-state index contributed by atoms with van der Waals surface area (Å²) in [4.78, 5) is 13.5. The van der Waals surface area contributed by atoms with Gasteiger partial charge in [-0.25, -0.2) is 0 Å². The van der Waals surface area contributed by atoms with Crippen molar-refractivity contribution in [1.82, 2.24) is 0 Å². The second-order valence-corrected chi connectivity index (χ2v) is 7.14. The van der Waals surface area contributed by atoms with Crippen molar-refractivity contribution in [1.29, 1.82) is 0 Å². The fourth-order valence-corrected chi connectivity index (χ4v) is 2.82. The number of carbonyl (C=O) groups excluding carboxylic acids is 1. The molecule has 0 atom stereocenters. The lowest BCUT2D eigenvalue weighted by molar-refractivity contribution is -0.117. The molecule has 0 N–H and O–H groups in total. The molecule has 0 spiro atoms. The van der Waals surface area contributed by atoms with Gasteiger partial charge in [0.25, 0.3) is 0 Å². The summed E-state index contributed by atoms with van der Waals surface area (Å²) >= 11 is 2.98. The van der Waals surface area contributed by atoms with Crippen molar-refractivity contribution in [2.45, 2.75) is 25.0 Å². The first-order valence-corrected chi connectivity index (χ1v) is 7.85. The average Bonchev–Trinajstić information content (AvgIpc) is 2.32. The molecule has 2 rings (SSSR count). The molecule has 3 nitrogen and oxygen atoms in total. The zero-order chi connectivity index (χ0) is 15.8. The minimum atomic E-state index is -4.42. The zero-order valence-electron chi connectivity index (χ0n) is 11.3. The highest BCUT2D eigenvalue weighted by Gasteiger charge is 2.37. The normalized spacial score (nSPS) is 17.1. The topological polar surface area (TPSA) is 29.5 Å². The fraction of sp³-hybridized carbons (Fsp3) is 0.462. The number of alkyl halides is 3. The van der Waals surface area contributed by atoms with E-state index in [1.165, 1.54) is 4.90 Å². The van der Waals surface area contributed by atoms with Gasteiger partial charge in [0, 0.05) is 4.47 Å². The van der Waals surface area contributed by atoms with Gasteiger partial charge in [-0.3, -0.25) is 4.79 Å². The molecule has 1 aromatic carbocycles. The van der Waals surface area contributed by atoms with Crippen LogP contribution in [0.15, 0.2) is 22.7 Å². The molecule has 0 saturated carbocycles. The van der Waals surface area contributed by atoms with Crippen LogP contribution in [-0.4, -0.2) is 29.3 Å². The van der Waals surface area contributed by atoms with Crippen molar-refractivity contribution < 1.29 is 22.7 Å². The van der Waals surface area contributed by atoms with E-state index in [1.54, 1.807) is 32.0 Å². The third-order valence-corrected chi connectivity index (χ3v) is 4.01. The van der Waals surface area contributed by atoms with Gasteiger partial charge in [-0.05, 0) is 43.8 Å². The number of thioether (sulfide) groups is 1. The maximum absolute atomic E-state index is 12.2. The van der Waals surface area contributed by atoms with Crippen LogP contribution in [-0.2, 0) is 4.79 Å². The van der Waals surface area contributed by atoms with E-state index in [4.69, 9.17) is 4.74 Å². The Morgan fingerprint density at radius 2 is 2.14 bits per heavy atom. The summed E-state index contributed by atoms with van der Waals surface area (Å²) in [5.74, 6) is -0.752. The standard InChI is InChI=1S/C13H13BrF3NO2S/c1-12(2)7-18(11(19)6-21-13(15,16)17)9-4-3-8(14)5-10(9)20-12/h3-5H,6-7H2,1-2H3. The van der Waals surface area contributed by atoms with Gasteiger partial charge >= 0.3 is 5.51 Å². The highest BCUT2D eigenvalue weighted by Crippen LogP contribution is 2.39. The van der Waals surface area contributed by atoms with Crippen LogP contribution < -0.4 is 9.64 Å². The maximum atomic E-state index is 12.2. The van der Waals surface area contributed by atoms with Gasteiger partial charge in [-0.15, -0.1) is 0 Å². The molecule has 0 aliphatic carbocycles. The minimum Gasteiger partial charge on any atom is -0.484 e. The van der Waals surface area contributed by atoms with Crippen LogP contribution in [0.25, 0.3) is 0 Å². The number of hydrogen-bond donors (Lipinski definition) is 0. The second kappa shape index (κ2) is 5.72. The molecule has 1 aromatic rings. The van der Waals surface area contributed by atoms with Crippen molar-refractivity contribution in [3.8, 4) is 5.75 Å². The SMILES string of the molecule is CC1(C)CN(C(=O)CSC(F)(F)F)c2ccc(Br)cc2O1. The fourth-order valence-electron chi connectivity index (χ4n) is 2.03. The van der Waals surface area contributed by atoms with Crippen LogP contribution in [0.5, 0.6) is 5.75 Å². The summed E-state index contributed by atoms with van der Waals surface area (Å²) in [7, 11) is 0. The molecule has 1 heterocycles. The number of anilines is 1. The predicted octanol–water partition coefficient (Wildman–Crippen LogP) is 4.21. The Morgan fingerprint density at radius 3 is 2.76 bits per heavy atom. The van der Waals surface area contributed by atoms with Crippen molar-refractivity contribution >= 4 is 39.3 Å². The molecule has 0 saturated heterocycles. The van der Waals surface area contributed by atoms with E-state index in [9.17, 15) is 18.0 Å². The molecular weight excluding hydrogens is 371 g/mol. The maximum Gasteiger partial charge on any atom is 0.442 e. The first-order chi connectivity index (χ1) is 9.57. The van der Waals surface area contributed by atoms with Crippen LogP contribution in [0, 0.1) is 0 Å². The Balaban J connectivity index is 2.25. The van der Waals surface area contributed by atoms with Gasteiger partial charge < -0.3 is 9.64 Å². The Morgan fingerprint density at radius 1 is 1.48 bits per heavy atom. The number of carbonyl (C=O) groups is 1. The Labute approximate surface area is 133 Å². The van der Waals surface area contributed by atoms with E-state index in [0.717, 1.165) is 4.47 Å². The molecule has 1 amide bonds. The van der Waals surface area contributed by atoms with Crippen LogP contribution in [0.4, 0.5) is 18.9 Å². The smallest absolute Gasteiger partial charge is 0.442 e. The van der Waals surface area contributed by atoms with Gasteiger partial charge in [0.2, 0.25) is 5.91 Å². The summed E-state index contributed by atoms with van der Waals surface area (Å²) in [6.45, 7) is 3.78. The summed E-state index contributed by atoms with van der Waals surface area (Å²) < 4.78 is 43.3. The minimum absolute atomic E-state index is 0.207. The number of nitrogens with zero attached hydrogens (tertiary/aromatic N) is 1. The summed E-state index contributed by atoms with van der Waals surface area (Å²) in [6.07, 6.45) is 0. The van der Waals surface area contributed by atoms with E-state index in [2.05, 4.69) is 15.9 Å². The highest BCUT2D eigenvalue weighted by molar-refractivity contribution is 9.10. The number of hydrogen-bond acceptors (Lipinski definition) is 3. The van der Waals surface area contributed by atoms with Crippen molar-refractivity contribution in [3.05, 3.63) is 22.7 Å². The molecule has 0 unspecified atom stereocenters. The number of benzene rings is 1. The monoisotopic (exact) mass is 383 g/mol. The lowest BCUT2D eigenvalue weighted by atomic mass is 10.1. The van der Waals surface area contributed by atoms with Crippen LogP contribution >= 0.6 is 27.7 Å². The molecule has 0 radical (unpaired) electrons. The number of halogens is 4. The van der Waals surface area contributed by atoms with E-state index >= 15 is 0 Å². The number of amides is 1. The third kappa shape index (κ3) is 4.29. The predicted molar refractivity (Wildman–Crippen MR) is 79.7 cm³/mol. The van der Waals surface area contributed by atoms with Gasteiger partial charge in [0.15, 0.2) is 0 Å². The molecule has 116 valence electrons. The molecule has 0 fully saturated rings. The van der Waals surface area contributed by atoms with E-state index in [0.29, 0.717) is 11.4 Å². The highest BCUT2D eigenvalue weighted by atomic mass is 79.9. The first kappa shape index (κ1) is 16.5. The van der Waals surface area contributed by atoms with E-state index in [1.807, 2.05) is 0 Å². The molecule has 0 bridgehead atoms. The average molecular weight is 384 g/mol. The summed E-state index contributed by atoms with van der Waals surface area (Å²) in [5.41, 5.74) is -4.59. The molecule has 21 heavy (non-hydrogen) atoms. The molecule has 8 heteroatoms. The summed E-state index contributed by atoms with van der Waals surface area (Å²) in [6, 6.07) is 5.08. The van der Waals surface area contributed by atoms with Gasteiger partial charge in [0.1, 0.15) is 11.4 Å². The van der Waals surface area contributed by atoms with Crippen molar-refractivity contribution in [2.75, 3.05) is 17.2 Å². The molecule has 1 aliphatic rings. The third-order valence-electron chi connectivity index (χ3n) is 2.80. The second-order valence-electron chi connectivity index (χ2n) is 5.19. The quantitative estimate of drug-likeness (QED) is 0.765. The molecule has 1 aliphatic heterocycles. The number of fused-ring (bicyclic) bond motifs is 1. The Kier molecular flexibility index (Phi) is 4.49. The zero-order valence-corrected chi connectivity index (χ0v) is 13.7. The number of rotatable bonds is 2. The Bertz CT molecular complexity index is 563. The van der Waals surface area contributed by atoms with Crippen molar-refractivity contribution in [3.63, 3.8) is 0 Å². The van der Waals surface area contributed by atoms with Crippen LogP contribution in [0.2, 0.25) is 0 Å². The largest absolute Gasteiger partial charge is 0.484 e.